The third-order valence-electron chi connectivity index (χ3n) is 4.90. The van der Waals surface area contributed by atoms with Crippen molar-refractivity contribution in [2.24, 2.45) is 0 Å². The van der Waals surface area contributed by atoms with E-state index in [1.807, 2.05) is 0 Å². The predicted molar refractivity (Wildman–Crippen MR) is 107 cm³/mol. The Morgan fingerprint density at radius 2 is 0.741 bits per heavy atom. The molecule has 1 aliphatic heterocycles. The molecule has 0 saturated carbocycles. The Morgan fingerprint density at radius 1 is 0.407 bits per heavy atom. The highest BCUT2D eigenvalue weighted by atomic mass is 16.5. The van der Waals surface area contributed by atoms with Crippen LogP contribution in [0.5, 0.6) is 0 Å². The molecule has 0 aromatic carbocycles. The maximum absolute atomic E-state index is 11.6. The quantitative estimate of drug-likeness (QED) is 0.527. The van der Waals surface area contributed by atoms with Gasteiger partial charge in [0.2, 0.25) is 0 Å². The molecule has 0 aromatic heterocycles. The van der Waals surface area contributed by atoms with E-state index in [-0.39, 0.29) is 11.9 Å². The first kappa shape index (κ1) is 23.9. The highest BCUT2D eigenvalue weighted by Gasteiger charge is 2.06. The van der Waals surface area contributed by atoms with Crippen LogP contribution in [0.4, 0.5) is 0 Å². The smallest absolute Gasteiger partial charge is 0.305 e. The van der Waals surface area contributed by atoms with Gasteiger partial charge in [-0.05, 0) is 38.5 Å². The molecule has 0 N–H and O–H groups in total. The second kappa shape index (κ2) is 18.3. The van der Waals surface area contributed by atoms with Crippen LogP contribution >= 0.6 is 0 Å². The van der Waals surface area contributed by atoms with Crippen LogP contribution in [-0.4, -0.2) is 38.4 Å². The van der Waals surface area contributed by atoms with Crippen LogP contribution in [0, 0.1) is 0 Å². The number of hydrogen-bond acceptors (Lipinski definition) is 5. The maximum Gasteiger partial charge on any atom is 0.305 e. The Labute approximate surface area is 165 Å². The number of hydrogen-bond donors (Lipinski definition) is 0. The fourth-order valence-electron chi connectivity index (χ4n) is 3.18. The first-order valence-corrected chi connectivity index (χ1v) is 11.2. The van der Waals surface area contributed by atoms with Crippen molar-refractivity contribution in [2.75, 3.05) is 26.4 Å². The second-order valence-electron chi connectivity index (χ2n) is 7.50. The van der Waals surface area contributed by atoms with Crippen LogP contribution in [0.2, 0.25) is 0 Å². The van der Waals surface area contributed by atoms with Crippen molar-refractivity contribution in [3.05, 3.63) is 0 Å². The van der Waals surface area contributed by atoms with Crippen LogP contribution < -0.4 is 0 Å². The lowest BCUT2D eigenvalue weighted by atomic mass is 10.1. The molecule has 0 radical (unpaired) electrons. The molecule has 158 valence electrons. The van der Waals surface area contributed by atoms with Crippen molar-refractivity contribution in [2.45, 2.75) is 103 Å². The second-order valence-corrected chi connectivity index (χ2v) is 7.50. The zero-order valence-corrected chi connectivity index (χ0v) is 17.2. The van der Waals surface area contributed by atoms with Gasteiger partial charge >= 0.3 is 11.9 Å². The molecular weight excluding hydrogens is 344 g/mol. The van der Waals surface area contributed by atoms with Gasteiger partial charge in [0, 0.05) is 26.1 Å². The summed E-state index contributed by atoms with van der Waals surface area (Å²) >= 11 is 0. The lowest BCUT2D eigenvalue weighted by Crippen LogP contribution is -2.08. The summed E-state index contributed by atoms with van der Waals surface area (Å²) in [5, 5.41) is 0. The molecule has 0 spiro atoms. The largest absolute Gasteiger partial charge is 0.466 e. The Balaban J connectivity index is 2.15. The van der Waals surface area contributed by atoms with E-state index in [1.165, 1.54) is 38.5 Å². The first-order valence-electron chi connectivity index (χ1n) is 11.2. The van der Waals surface area contributed by atoms with E-state index in [0.717, 1.165) is 51.7 Å². The van der Waals surface area contributed by atoms with Crippen molar-refractivity contribution < 1.29 is 23.8 Å². The van der Waals surface area contributed by atoms with Gasteiger partial charge in [-0.3, -0.25) is 9.59 Å². The summed E-state index contributed by atoms with van der Waals surface area (Å²) < 4.78 is 16.2. The van der Waals surface area contributed by atoms with Crippen molar-refractivity contribution in [3.8, 4) is 0 Å². The minimum atomic E-state index is -0.147. The molecule has 1 fully saturated rings. The lowest BCUT2D eigenvalue weighted by Gasteiger charge is -2.06. The van der Waals surface area contributed by atoms with Crippen LogP contribution in [0.25, 0.3) is 0 Å². The summed E-state index contributed by atoms with van der Waals surface area (Å²) in [5.74, 6) is -0.294. The molecule has 0 amide bonds. The van der Waals surface area contributed by atoms with E-state index < -0.39 is 0 Å². The van der Waals surface area contributed by atoms with Crippen LogP contribution in [0.1, 0.15) is 103 Å². The minimum absolute atomic E-state index is 0.147. The third-order valence-corrected chi connectivity index (χ3v) is 4.90. The van der Waals surface area contributed by atoms with Gasteiger partial charge in [0.1, 0.15) is 0 Å². The van der Waals surface area contributed by atoms with Crippen molar-refractivity contribution in [1.29, 1.82) is 0 Å². The van der Waals surface area contributed by atoms with Gasteiger partial charge in [0.15, 0.2) is 0 Å². The number of rotatable bonds is 0. The fourth-order valence-corrected chi connectivity index (χ4v) is 3.18. The van der Waals surface area contributed by atoms with E-state index in [9.17, 15) is 9.59 Å². The zero-order valence-electron chi connectivity index (χ0n) is 17.2. The van der Waals surface area contributed by atoms with Gasteiger partial charge in [-0.2, -0.15) is 0 Å². The van der Waals surface area contributed by atoms with Crippen molar-refractivity contribution in [1.82, 2.24) is 0 Å². The SMILES string of the molecule is O=C1CCCCC(=O)OCCCCCCCCOCCCCCCCCO1. The first-order chi connectivity index (χ1) is 13.3. The van der Waals surface area contributed by atoms with E-state index in [1.54, 1.807) is 0 Å². The minimum Gasteiger partial charge on any atom is -0.466 e. The Kier molecular flexibility index (Phi) is 16.2. The van der Waals surface area contributed by atoms with Crippen LogP contribution in [-0.2, 0) is 23.8 Å². The van der Waals surface area contributed by atoms with E-state index >= 15 is 0 Å². The van der Waals surface area contributed by atoms with Crippen LogP contribution in [0.15, 0.2) is 0 Å². The molecule has 0 aromatic rings. The molecule has 5 heteroatoms. The molecule has 5 nitrogen and oxygen atoms in total. The molecule has 1 heterocycles. The van der Waals surface area contributed by atoms with Crippen LogP contribution in [0.3, 0.4) is 0 Å². The van der Waals surface area contributed by atoms with Crippen molar-refractivity contribution in [3.63, 3.8) is 0 Å². The average molecular weight is 385 g/mol. The van der Waals surface area contributed by atoms with E-state index in [2.05, 4.69) is 0 Å². The number of carbonyl (C=O) groups is 2. The number of ether oxygens (including phenoxy) is 3. The summed E-state index contributed by atoms with van der Waals surface area (Å²) in [5.41, 5.74) is 0. The summed E-state index contributed by atoms with van der Waals surface area (Å²) in [7, 11) is 0. The molecule has 1 saturated heterocycles. The van der Waals surface area contributed by atoms with Gasteiger partial charge in [-0.25, -0.2) is 0 Å². The normalized spacial score (nSPS) is 22.7. The molecule has 27 heavy (non-hydrogen) atoms. The molecule has 1 rings (SSSR count). The predicted octanol–water partition coefficient (Wildman–Crippen LogP) is 5.34. The maximum atomic E-state index is 11.6. The number of cyclic esters (lactones) is 2. The summed E-state index contributed by atoms with van der Waals surface area (Å²) in [4.78, 5) is 23.3. The van der Waals surface area contributed by atoms with Gasteiger partial charge < -0.3 is 14.2 Å². The molecule has 0 atom stereocenters. The Bertz CT molecular complexity index is 336. The summed E-state index contributed by atoms with van der Waals surface area (Å²) in [6.07, 6.45) is 15.9. The molecule has 0 bridgehead atoms. The highest BCUT2D eigenvalue weighted by Crippen LogP contribution is 2.09. The van der Waals surface area contributed by atoms with Gasteiger partial charge in [-0.15, -0.1) is 0 Å². The summed E-state index contributed by atoms with van der Waals surface area (Å²) in [6.45, 7) is 2.79. The average Bonchev–Trinajstić information content (AvgIpc) is 2.66. The Morgan fingerprint density at radius 3 is 1.15 bits per heavy atom. The highest BCUT2D eigenvalue weighted by molar-refractivity contribution is 5.70. The van der Waals surface area contributed by atoms with Gasteiger partial charge in [0.25, 0.3) is 0 Å². The molecular formula is C22H40O5. The molecule has 1 aliphatic rings. The number of esters is 2. The lowest BCUT2D eigenvalue weighted by molar-refractivity contribution is -0.146. The zero-order chi connectivity index (χ0) is 19.4. The molecule has 0 aliphatic carbocycles. The van der Waals surface area contributed by atoms with Crippen molar-refractivity contribution >= 4 is 11.9 Å². The molecule has 0 unspecified atom stereocenters. The van der Waals surface area contributed by atoms with E-state index in [0.29, 0.717) is 38.9 Å². The topological polar surface area (TPSA) is 61.8 Å². The fraction of sp³-hybridized carbons (Fsp3) is 0.909. The number of carbonyl (C=O) groups excluding carboxylic acids is 2. The van der Waals surface area contributed by atoms with E-state index in [4.69, 9.17) is 14.2 Å². The monoisotopic (exact) mass is 384 g/mol. The third kappa shape index (κ3) is 16.8. The van der Waals surface area contributed by atoms with Gasteiger partial charge in [-0.1, -0.05) is 51.4 Å². The Hall–Kier alpha value is -1.10. The standard InChI is InChI=1S/C22H40O5/c23-21-15-9-10-16-22(24)27-20-14-8-4-2-6-12-18-25-17-11-5-1-3-7-13-19-26-21/h1-20H2. The summed E-state index contributed by atoms with van der Waals surface area (Å²) in [6, 6.07) is 0. The van der Waals surface area contributed by atoms with Gasteiger partial charge in [0.05, 0.1) is 13.2 Å².